The molecular formula is C16H16O3. The molecule has 0 saturated carbocycles. The Morgan fingerprint density at radius 1 is 1.11 bits per heavy atom. The highest BCUT2D eigenvalue weighted by molar-refractivity contribution is 5.74. The van der Waals surface area contributed by atoms with Crippen molar-refractivity contribution in [3.05, 3.63) is 66.8 Å². The quantitative estimate of drug-likeness (QED) is 0.530. The molecule has 3 nitrogen and oxygen atoms in total. The third-order valence-corrected chi connectivity index (χ3v) is 2.32. The summed E-state index contributed by atoms with van der Waals surface area (Å²) < 4.78 is 5.49. The standard InChI is InChI=1S/C16H16O3/c1-2-3-4-5-6-7-16(13-18)19-15-10-8-14(12-17)9-11-15/h2-6,8-13,16H,1,7H2/b4-3-,6-5-. The summed E-state index contributed by atoms with van der Waals surface area (Å²) >= 11 is 0. The third-order valence-electron chi connectivity index (χ3n) is 2.32. The number of hydrogen-bond donors (Lipinski definition) is 0. The van der Waals surface area contributed by atoms with Crippen LogP contribution in [-0.4, -0.2) is 18.7 Å². The van der Waals surface area contributed by atoms with Crippen LogP contribution in [-0.2, 0) is 4.79 Å². The fraction of sp³-hybridized carbons (Fsp3) is 0.125. The molecule has 98 valence electrons. The molecule has 0 aliphatic heterocycles. The second-order valence-corrected chi connectivity index (χ2v) is 3.76. The van der Waals surface area contributed by atoms with Gasteiger partial charge in [0.2, 0.25) is 0 Å². The number of benzene rings is 1. The SMILES string of the molecule is C=C/C=C\C=C/CC(C=O)Oc1ccc(C=O)cc1. The smallest absolute Gasteiger partial charge is 0.160 e. The zero-order valence-corrected chi connectivity index (χ0v) is 10.6. The minimum atomic E-state index is -0.532. The van der Waals surface area contributed by atoms with Gasteiger partial charge in [0.05, 0.1) is 0 Å². The second-order valence-electron chi connectivity index (χ2n) is 3.76. The van der Waals surface area contributed by atoms with Crippen LogP contribution < -0.4 is 4.74 Å². The molecule has 1 atom stereocenters. The Bertz CT molecular complexity index is 469. The van der Waals surface area contributed by atoms with Gasteiger partial charge in [-0.2, -0.15) is 0 Å². The van der Waals surface area contributed by atoms with Crippen molar-refractivity contribution in [3.8, 4) is 5.75 Å². The lowest BCUT2D eigenvalue weighted by Crippen LogP contribution is -2.16. The zero-order valence-electron chi connectivity index (χ0n) is 10.6. The van der Waals surface area contributed by atoms with Gasteiger partial charge in [-0.3, -0.25) is 9.59 Å². The molecule has 1 aromatic carbocycles. The van der Waals surface area contributed by atoms with Crippen molar-refractivity contribution in [1.82, 2.24) is 0 Å². The molecule has 0 saturated heterocycles. The van der Waals surface area contributed by atoms with Gasteiger partial charge in [0, 0.05) is 12.0 Å². The Labute approximate surface area is 112 Å². The Morgan fingerprint density at radius 3 is 2.42 bits per heavy atom. The molecule has 0 spiro atoms. The summed E-state index contributed by atoms with van der Waals surface area (Å²) in [5.41, 5.74) is 0.574. The number of ether oxygens (including phenoxy) is 1. The first-order valence-corrected chi connectivity index (χ1v) is 5.91. The van der Waals surface area contributed by atoms with Crippen molar-refractivity contribution < 1.29 is 14.3 Å². The molecule has 0 bridgehead atoms. The van der Waals surface area contributed by atoms with Gasteiger partial charge in [0.1, 0.15) is 12.0 Å². The summed E-state index contributed by atoms with van der Waals surface area (Å²) in [4.78, 5) is 21.4. The molecule has 0 aliphatic carbocycles. The first kappa shape index (κ1) is 14.6. The average molecular weight is 256 g/mol. The van der Waals surface area contributed by atoms with Crippen LogP contribution in [0.3, 0.4) is 0 Å². The van der Waals surface area contributed by atoms with E-state index in [0.29, 0.717) is 17.7 Å². The Hall–Kier alpha value is -2.42. The van der Waals surface area contributed by atoms with Crippen molar-refractivity contribution in [2.75, 3.05) is 0 Å². The van der Waals surface area contributed by atoms with E-state index >= 15 is 0 Å². The monoisotopic (exact) mass is 256 g/mol. The second kappa shape index (κ2) is 8.64. The molecule has 1 unspecified atom stereocenters. The summed E-state index contributed by atoms with van der Waals surface area (Å²) in [7, 11) is 0. The van der Waals surface area contributed by atoms with E-state index in [0.717, 1.165) is 12.6 Å². The molecule has 0 fully saturated rings. The first-order valence-electron chi connectivity index (χ1n) is 5.91. The summed E-state index contributed by atoms with van der Waals surface area (Å²) in [6.07, 6.45) is 10.4. The molecule has 19 heavy (non-hydrogen) atoms. The maximum Gasteiger partial charge on any atom is 0.160 e. The molecule has 0 heterocycles. The predicted molar refractivity (Wildman–Crippen MR) is 75.4 cm³/mol. The average Bonchev–Trinajstić information content (AvgIpc) is 2.46. The maximum absolute atomic E-state index is 10.9. The predicted octanol–water partition coefficient (Wildman–Crippen LogP) is 3.13. The normalized spacial score (nSPS) is 12.4. The van der Waals surface area contributed by atoms with Crippen LogP contribution in [0.1, 0.15) is 16.8 Å². The molecule has 0 N–H and O–H groups in total. The van der Waals surface area contributed by atoms with Gasteiger partial charge in [-0.15, -0.1) is 0 Å². The molecular weight excluding hydrogens is 240 g/mol. The van der Waals surface area contributed by atoms with Gasteiger partial charge in [0.15, 0.2) is 12.4 Å². The third kappa shape index (κ3) is 5.64. The molecule has 0 radical (unpaired) electrons. The van der Waals surface area contributed by atoms with Crippen LogP contribution in [0.2, 0.25) is 0 Å². The molecule has 0 aliphatic rings. The fourth-order valence-corrected chi connectivity index (χ4v) is 1.37. The summed E-state index contributed by atoms with van der Waals surface area (Å²) in [6, 6.07) is 6.63. The summed E-state index contributed by atoms with van der Waals surface area (Å²) in [5, 5.41) is 0. The van der Waals surface area contributed by atoms with Gasteiger partial charge >= 0.3 is 0 Å². The van der Waals surface area contributed by atoms with Crippen molar-refractivity contribution in [2.45, 2.75) is 12.5 Å². The van der Waals surface area contributed by atoms with Crippen molar-refractivity contribution in [1.29, 1.82) is 0 Å². The largest absolute Gasteiger partial charge is 0.483 e. The highest BCUT2D eigenvalue weighted by atomic mass is 16.5. The number of rotatable bonds is 8. The minimum absolute atomic E-state index is 0.487. The van der Waals surface area contributed by atoms with Crippen molar-refractivity contribution in [2.24, 2.45) is 0 Å². The fourth-order valence-electron chi connectivity index (χ4n) is 1.37. The van der Waals surface area contributed by atoms with E-state index in [1.807, 2.05) is 18.2 Å². The van der Waals surface area contributed by atoms with Crippen LogP contribution >= 0.6 is 0 Å². The number of aldehydes is 2. The highest BCUT2D eigenvalue weighted by Crippen LogP contribution is 2.13. The van der Waals surface area contributed by atoms with Crippen LogP contribution in [0.25, 0.3) is 0 Å². The van der Waals surface area contributed by atoms with Crippen LogP contribution in [0.4, 0.5) is 0 Å². The lowest BCUT2D eigenvalue weighted by Gasteiger charge is -2.11. The lowest BCUT2D eigenvalue weighted by atomic mass is 10.2. The van der Waals surface area contributed by atoms with Crippen LogP contribution in [0.5, 0.6) is 5.75 Å². The molecule has 3 heteroatoms. The van der Waals surface area contributed by atoms with Crippen molar-refractivity contribution in [3.63, 3.8) is 0 Å². The van der Waals surface area contributed by atoms with E-state index in [-0.39, 0.29) is 0 Å². The van der Waals surface area contributed by atoms with Gasteiger partial charge in [0.25, 0.3) is 0 Å². The van der Waals surface area contributed by atoms with E-state index in [1.165, 1.54) is 0 Å². The number of allylic oxidation sites excluding steroid dienone is 4. The Kier molecular flexibility index (Phi) is 6.66. The van der Waals surface area contributed by atoms with Gasteiger partial charge in [-0.1, -0.05) is 37.0 Å². The van der Waals surface area contributed by atoms with E-state index in [2.05, 4.69) is 6.58 Å². The van der Waals surface area contributed by atoms with Crippen LogP contribution in [0, 0.1) is 0 Å². The van der Waals surface area contributed by atoms with E-state index in [4.69, 9.17) is 4.74 Å². The maximum atomic E-state index is 10.9. The lowest BCUT2D eigenvalue weighted by molar-refractivity contribution is -0.113. The van der Waals surface area contributed by atoms with Crippen LogP contribution in [0.15, 0.2) is 61.2 Å². The molecule has 1 rings (SSSR count). The molecule has 0 aromatic heterocycles. The number of carbonyl (C=O) groups excluding carboxylic acids is 2. The number of carbonyl (C=O) groups is 2. The minimum Gasteiger partial charge on any atom is -0.483 e. The summed E-state index contributed by atoms with van der Waals surface area (Å²) in [6.45, 7) is 3.55. The van der Waals surface area contributed by atoms with Gasteiger partial charge in [-0.25, -0.2) is 0 Å². The Balaban J connectivity index is 2.53. The zero-order chi connectivity index (χ0) is 13.9. The first-order chi connectivity index (χ1) is 9.30. The van der Waals surface area contributed by atoms with E-state index in [9.17, 15) is 9.59 Å². The van der Waals surface area contributed by atoms with Gasteiger partial charge < -0.3 is 4.74 Å². The molecule has 1 aromatic rings. The van der Waals surface area contributed by atoms with Gasteiger partial charge in [-0.05, 0) is 24.3 Å². The Morgan fingerprint density at radius 2 is 1.84 bits per heavy atom. The van der Waals surface area contributed by atoms with E-state index < -0.39 is 6.10 Å². The number of hydrogen-bond acceptors (Lipinski definition) is 3. The summed E-state index contributed by atoms with van der Waals surface area (Å²) in [5.74, 6) is 0.567. The van der Waals surface area contributed by atoms with Crippen molar-refractivity contribution >= 4 is 12.6 Å². The highest BCUT2D eigenvalue weighted by Gasteiger charge is 2.06. The topological polar surface area (TPSA) is 43.4 Å². The van der Waals surface area contributed by atoms with E-state index in [1.54, 1.807) is 36.4 Å². The molecule has 0 amide bonds.